The molecule has 0 unspecified atom stereocenters. The molecule has 1 amide bonds. The van der Waals surface area contributed by atoms with E-state index in [1.165, 1.54) is 6.07 Å². The lowest BCUT2D eigenvalue weighted by Crippen LogP contribution is -2.14. The van der Waals surface area contributed by atoms with E-state index >= 15 is 0 Å². The molecule has 0 aliphatic heterocycles. The molecule has 0 aliphatic rings. The van der Waals surface area contributed by atoms with E-state index in [1.54, 1.807) is 40.4 Å². The first kappa shape index (κ1) is 18.3. The minimum Gasteiger partial charge on any atom is -0.319 e. The van der Waals surface area contributed by atoms with Crippen molar-refractivity contribution in [3.05, 3.63) is 64.9 Å². The van der Waals surface area contributed by atoms with Crippen LogP contribution in [0.1, 0.15) is 35.8 Å². The summed E-state index contributed by atoms with van der Waals surface area (Å²) < 4.78 is 15.9. The molecule has 0 bridgehead atoms. The van der Waals surface area contributed by atoms with E-state index < -0.39 is 11.7 Å². The number of fused-ring (bicyclic) bond motifs is 1. The second-order valence-corrected chi connectivity index (χ2v) is 7.84. The van der Waals surface area contributed by atoms with Crippen molar-refractivity contribution < 1.29 is 9.18 Å². The lowest BCUT2D eigenvalue weighted by atomic mass is 10.1. The summed E-state index contributed by atoms with van der Waals surface area (Å²) >= 11 is 1.55. The number of nitrogens with zero attached hydrogens (tertiary/aromatic N) is 3. The first-order valence-electron chi connectivity index (χ1n) is 8.93. The molecule has 0 spiro atoms. The van der Waals surface area contributed by atoms with Crippen molar-refractivity contribution in [1.82, 2.24) is 14.8 Å². The fraction of sp³-hybridized carbons (Fsp3) is 0.190. The Bertz CT molecular complexity index is 1160. The molecule has 0 saturated carbocycles. The normalized spacial score (nSPS) is 11.3. The average Bonchev–Trinajstić information content (AvgIpc) is 3.33. The highest BCUT2D eigenvalue weighted by Crippen LogP contribution is 2.29. The van der Waals surface area contributed by atoms with E-state index in [4.69, 9.17) is 4.98 Å². The zero-order valence-electron chi connectivity index (χ0n) is 15.7. The van der Waals surface area contributed by atoms with Crippen molar-refractivity contribution in [2.75, 3.05) is 5.32 Å². The molecular weight excluding hydrogens is 375 g/mol. The van der Waals surface area contributed by atoms with Crippen LogP contribution in [0.3, 0.4) is 0 Å². The summed E-state index contributed by atoms with van der Waals surface area (Å²) in [6.45, 7) is 5.86. The second kappa shape index (κ2) is 7.16. The number of rotatable bonds is 4. The number of halogens is 1. The molecule has 0 radical (unpaired) electrons. The maximum Gasteiger partial charge on any atom is 0.256 e. The summed E-state index contributed by atoms with van der Waals surface area (Å²) in [5.74, 6) is -0.862. The standard InChI is InChI=1S/C21H19FN4OS/c1-12(2)26-20-15(11-23-26)14(10-18(24-20)19-5-4-8-28-19)21(27)25-17-9-13(3)6-7-16(17)22/h4-12H,1-3H3,(H,25,27). The van der Waals surface area contributed by atoms with Crippen molar-refractivity contribution in [3.8, 4) is 10.6 Å². The molecule has 1 aromatic carbocycles. The molecule has 3 aromatic heterocycles. The summed E-state index contributed by atoms with van der Waals surface area (Å²) in [5.41, 5.74) is 2.77. The van der Waals surface area contributed by atoms with Gasteiger partial charge in [0.15, 0.2) is 5.65 Å². The van der Waals surface area contributed by atoms with Gasteiger partial charge in [-0.1, -0.05) is 12.1 Å². The molecule has 142 valence electrons. The number of hydrogen-bond donors (Lipinski definition) is 1. The minimum atomic E-state index is -0.472. The highest BCUT2D eigenvalue weighted by molar-refractivity contribution is 7.13. The molecular formula is C21H19FN4OS. The van der Waals surface area contributed by atoms with Gasteiger partial charge in [-0.2, -0.15) is 5.10 Å². The lowest BCUT2D eigenvalue weighted by Gasteiger charge is -2.11. The Hall–Kier alpha value is -3.06. The lowest BCUT2D eigenvalue weighted by molar-refractivity contribution is 0.102. The molecule has 0 saturated heterocycles. The van der Waals surface area contributed by atoms with E-state index in [0.29, 0.717) is 22.3 Å². The van der Waals surface area contributed by atoms with E-state index in [2.05, 4.69) is 10.4 Å². The van der Waals surface area contributed by atoms with Crippen molar-refractivity contribution in [2.24, 2.45) is 0 Å². The van der Waals surface area contributed by atoms with Gasteiger partial charge in [0.2, 0.25) is 0 Å². The van der Waals surface area contributed by atoms with Crippen LogP contribution in [-0.4, -0.2) is 20.7 Å². The second-order valence-electron chi connectivity index (χ2n) is 6.89. The molecule has 4 rings (SSSR count). The van der Waals surface area contributed by atoms with Gasteiger partial charge in [0.05, 0.1) is 33.4 Å². The number of pyridine rings is 1. The van der Waals surface area contributed by atoms with Crippen LogP contribution in [0.4, 0.5) is 10.1 Å². The Morgan fingerprint density at radius 1 is 1.25 bits per heavy atom. The van der Waals surface area contributed by atoms with E-state index in [1.807, 2.05) is 38.3 Å². The number of aromatic nitrogens is 3. The number of anilines is 1. The van der Waals surface area contributed by atoms with E-state index in [-0.39, 0.29) is 11.7 Å². The number of aryl methyl sites for hydroxylation is 1. The predicted octanol–water partition coefficient (Wildman–Crippen LogP) is 5.44. The van der Waals surface area contributed by atoms with Crippen molar-refractivity contribution in [3.63, 3.8) is 0 Å². The number of nitrogens with one attached hydrogen (secondary N) is 1. The quantitative estimate of drug-likeness (QED) is 0.501. The van der Waals surface area contributed by atoms with Gasteiger partial charge < -0.3 is 5.32 Å². The molecule has 0 fully saturated rings. The number of amides is 1. The number of thiophene rings is 1. The third kappa shape index (κ3) is 3.29. The highest BCUT2D eigenvalue weighted by Gasteiger charge is 2.19. The molecule has 0 aliphatic carbocycles. The molecule has 1 N–H and O–H groups in total. The first-order valence-corrected chi connectivity index (χ1v) is 9.81. The van der Waals surface area contributed by atoms with Gasteiger partial charge in [0.1, 0.15) is 5.82 Å². The van der Waals surface area contributed by atoms with Gasteiger partial charge in [0, 0.05) is 6.04 Å². The smallest absolute Gasteiger partial charge is 0.256 e. The summed E-state index contributed by atoms with van der Waals surface area (Å²) in [7, 11) is 0. The van der Waals surface area contributed by atoms with Crippen LogP contribution in [0.25, 0.3) is 21.6 Å². The Labute approximate surface area is 165 Å². The van der Waals surface area contributed by atoms with Crippen molar-refractivity contribution in [1.29, 1.82) is 0 Å². The minimum absolute atomic E-state index is 0.0914. The molecule has 0 atom stereocenters. The summed E-state index contributed by atoms with van der Waals surface area (Å²) in [4.78, 5) is 18.7. The SMILES string of the molecule is Cc1ccc(F)c(NC(=O)c2cc(-c3cccs3)nc3c2cnn3C(C)C)c1. The van der Waals surface area contributed by atoms with Gasteiger partial charge in [-0.05, 0) is 56.0 Å². The van der Waals surface area contributed by atoms with Gasteiger partial charge in [-0.25, -0.2) is 14.1 Å². The predicted molar refractivity (Wildman–Crippen MR) is 110 cm³/mol. The van der Waals surface area contributed by atoms with Gasteiger partial charge in [-0.3, -0.25) is 4.79 Å². The topological polar surface area (TPSA) is 59.8 Å². The monoisotopic (exact) mass is 394 g/mol. The van der Waals surface area contributed by atoms with Crippen LogP contribution >= 0.6 is 11.3 Å². The Morgan fingerprint density at radius 2 is 2.07 bits per heavy atom. The molecule has 28 heavy (non-hydrogen) atoms. The van der Waals surface area contributed by atoms with Crippen molar-refractivity contribution >= 4 is 34.0 Å². The van der Waals surface area contributed by atoms with Gasteiger partial charge in [-0.15, -0.1) is 11.3 Å². The van der Waals surface area contributed by atoms with Crippen LogP contribution in [-0.2, 0) is 0 Å². The maximum atomic E-state index is 14.1. The van der Waals surface area contributed by atoms with Crippen LogP contribution in [0.5, 0.6) is 0 Å². The third-order valence-electron chi connectivity index (χ3n) is 4.44. The molecule has 3 heterocycles. The number of hydrogen-bond acceptors (Lipinski definition) is 4. The van der Waals surface area contributed by atoms with Crippen LogP contribution in [0.15, 0.2) is 48.0 Å². The maximum absolute atomic E-state index is 14.1. The summed E-state index contributed by atoms with van der Waals surface area (Å²) in [6, 6.07) is 10.4. The Morgan fingerprint density at radius 3 is 2.79 bits per heavy atom. The van der Waals surface area contributed by atoms with Crippen LogP contribution < -0.4 is 5.32 Å². The summed E-state index contributed by atoms with van der Waals surface area (Å²) in [5, 5.41) is 9.70. The first-order chi connectivity index (χ1) is 13.4. The van der Waals surface area contributed by atoms with E-state index in [0.717, 1.165) is 10.4 Å². The molecule has 5 nitrogen and oxygen atoms in total. The third-order valence-corrected chi connectivity index (χ3v) is 5.34. The zero-order chi connectivity index (χ0) is 19.8. The van der Waals surface area contributed by atoms with E-state index in [9.17, 15) is 9.18 Å². The Kier molecular flexibility index (Phi) is 4.68. The molecule has 7 heteroatoms. The van der Waals surface area contributed by atoms with Crippen LogP contribution in [0.2, 0.25) is 0 Å². The average molecular weight is 394 g/mol. The number of carbonyl (C=O) groups excluding carboxylic acids is 1. The van der Waals surface area contributed by atoms with Crippen LogP contribution in [0, 0.1) is 12.7 Å². The number of benzene rings is 1. The highest BCUT2D eigenvalue weighted by atomic mass is 32.1. The fourth-order valence-corrected chi connectivity index (χ4v) is 3.75. The van der Waals surface area contributed by atoms with Crippen molar-refractivity contribution in [2.45, 2.75) is 26.8 Å². The zero-order valence-corrected chi connectivity index (χ0v) is 16.5. The van der Waals surface area contributed by atoms with Gasteiger partial charge in [0.25, 0.3) is 5.91 Å². The van der Waals surface area contributed by atoms with Gasteiger partial charge >= 0.3 is 0 Å². The fourth-order valence-electron chi connectivity index (χ4n) is 3.06. The summed E-state index contributed by atoms with van der Waals surface area (Å²) in [6.07, 6.45) is 1.64. The number of carbonyl (C=O) groups is 1. The Balaban J connectivity index is 1.85. The molecule has 4 aromatic rings. The largest absolute Gasteiger partial charge is 0.319 e.